The first kappa shape index (κ1) is 29.7. The van der Waals surface area contributed by atoms with Gasteiger partial charge in [0, 0.05) is 29.7 Å². The predicted molar refractivity (Wildman–Crippen MR) is 149 cm³/mol. The van der Waals surface area contributed by atoms with Gasteiger partial charge < -0.3 is 30.2 Å². The summed E-state index contributed by atoms with van der Waals surface area (Å²) in [7, 11) is 4.79. The molecule has 38 heavy (non-hydrogen) atoms. The summed E-state index contributed by atoms with van der Waals surface area (Å²) >= 11 is 6.28. The minimum atomic E-state index is -0.537. The van der Waals surface area contributed by atoms with Crippen molar-refractivity contribution in [3.63, 3.8) is 0 Å². The van der Waals surface area contributed by atoms with Gasteiger partial charge in [0.25, 0.3) is 5.91 Å². The first-order valence-corrected chi connectivity index (χ1v) is 13.6. The zero-order valence-corrected chi connectivity index (χ0v) is 23.3. The van der Waals surface area contributed by atoms with Crippen molar-refractivity contribution in [1.29, 1.82) is 0 Å². The quantitative estimate of drug-likeness (QED) is 0.303. The Balaban J connectivity index is 1.83. The van der Waals surface area contributed by atoms with Crippen molar-refractivity contribution in [3.05, 3.63) is 64.2 Å². The molecule has 3 N–H and O–H groups in total. The first-order valence-electron chi connectivity index (χ1n) is 13.3. The number of ether oxygens (including phenoxy) is 3. The van der Waals surface area contributed by atoms with Gasteiger partial charge in [0.05, 0.1) is 20.8 Å². The third kappa shape index (κ3) is 9.19. The number of methoxy groups -OCH3 is 2. The van der Waals surface area contributed by atoms with Gasteiger partial charge in [0.15, 0.2) is 0 Å². The van der Waals surface area contributed by atoms with Gasteiger partial charge in [-0.1, -0.05) is 55.8 Å². The van der Waals surface area contributed by atoms with Gasteiger partial charge in [-0.3, -0.25) is 4.79 Å². The fraction of sp³-hybridized carbons (Fsp3) is 0.517. The summed E-state index contributed by atoms with van der Waals surface area (Å²) in [6, 6.07) is 12.8. The van der Waals surface area contributed by atoms with E-state index in [1.54, 1.807) is 19.2 Å². The maximum atomic E-state index is 13.5. The third-order valence-corrected chi connectivity index (χ3v) is 7.09. The van der Waals surface area contributed by atoms with Crippen LogP contribution >= 0.6 is 11.6 Å². The molecule has 0 saturated heterocycles. The molecule has 0 heterocycles. The number of amides is 2. The van der Waals surface area contributed by atoms with Crippen molar-refractivity contribution in [2.75, 3.05) is 41.0 Å². The molecule has 2 unspecified atom stereocenters. The Morgan fingerprint density at radius 3 is 2.53 bits per heavy atom. The number of nitrogens with one attached hydrogen (secondary N) is 3. The number of halogens is 1. The largest absolute Gasteiger partial charge is 0.497 e. The molecule has 2 aromatic rings. The highest BCUT2D eigenvalue weighted by Gasteiger charge is 2.23. The monoisotopic (exact) mass is 545 g/mol. The molecule has 2 amide bonds. The van der Waals surface area contributed by atoms with Crippen molar-refractivity contribution in [1.82, 2.24) is 16.0 Å². The molecule has 1 fully saturated rings. The molecular formula is C29H40ClN3O5. The van der Waals surface area contributed by atoms with Gasteiger partial charge in [0.1, 0.15) is 11.9 Å². The molecule has 0 spiro atoms. The third-order valence-electron chi connectivity index (χ3n) is 6.85. The van der Waals surface area contributed by atoms with E-state index < -0.39 is 12.2 Å². The second-order valence-corrected chi connectivity index (χ2v) is 10.1. The van der Waals surface area contributed by atoms with Gasteiger partial charge in [-0.25, -0.2) is 4.79 Å². The lowest BCUT2D eigenvalue weighted by Crippen LogP contribution is -2.42. The first-order chi connectivity index (χ1) is 18.4. The fourth-order valence-corrected chi connectivity index (χ4v) is 5.21. The number of hydrogen-bond donors (Lipinski definition) is 3. The molecule has 1 aliphatic rings. The van der Waals surface area contributed by atoms with Crippen LogP contribution in [0.4, 0.5) is 4.79 Å². The van der Waals surface area contributed by atoms with Crippen LogP contribution in [0.25, 0.3) is 0 Å². The van der Waals surface area contributed by atoms with E-state index in [4.69, 9.17) is 21.1 Å². The molecule has 2 aromatic carbocycles. The van der Waals surface area contributed by atoms with Crippen LogP contribution in [-0.4, -0.2) is 59.0 Å². The minimum absolute atomic E-state index is 0.0367. The summed E-state index contributed by atoms with van der Waals surface area (Å²) in [4.78, 5) is 24.9. The molecule has 3 rings (SSSR count). The van der Waals surface area contributed by atoms with Gasteiger partial charge in [-0.2, -0.15) is 0 Å². The van der Waals surface area contributed by atoms with E-state index in [0.717, 1.165) is 17.5 Å². The number of carbonyl (C=O) groups is 2. The van der Waals surface area contributed by atoms with E-state index in [0.29, 0.717) is 28.8 Å². The van der Waals surface area contributed by atoms with Crippen LogP contribution in [0.5, 0.6) is 5.75 Å². The summed E-state index contributed by atoms with van der Waals surface area (Å²) in [6.45, 7) is 1.19. The number of rotatable bonds is 13. The highest BCUT2D eigenvalue weighted by molar-refractivity contribution is 6.30. The molecule has 208 valence electrons. The molecule has 0 radical (unpaired) electrons. The van der Waals surface area contributed by atoms with Gasteiger partial charge in [0.2, 0.25) is 0 Å². The Bertz CT molecular complexity index is 1040. The molecule has 8 nitrogen and oxygen atoms in total. The molecule has 2 atom stereocenters. The average molecular weight is 546 g/mol. The topological polar surface area (TPSA) is 97.9 Å². The second kappa shape index (κ2) is 15.6. The second-order valence-electron chi connectivity index (χ2n) is 9.69. The lowest BCUT2D eigenvalue weighted by atomic mass is 9.84. The summed E-state index contributed by atoms with van der Waals surface area (Å²) < 4.78 is 16.4. The zero-order valence-electron chi connectivity index (χ0n) is 22.6. The molecule has 1 aliphatic carbocycles. The molecule has 0 aromatic heterocycles. The number of hydrogen-bond acceptors (Lipinski definition) is 6. The van der Waals surface area contributed by atoms with E-state index in [9.17, 15) is 9.59 Å². The molecule has 9 heteroatoms. The number of alkyl carbamates (subject to hydrolysis) is 1. The van der Waals surface area contributed by atoms with Crippen LogP contribution in [-0.2, 0) is 9.47 Å². The summed E-state index contributed by atoms with van der Waals surface area (Å²) in [5.41, 5.74) is 2.06. The Morgan fingerprint density at radius 1 is 1.05 bits per heavy atom. The maximum Gasteiger partial charge on any atom is 0.406 e. The Hall–Kier alpha value is -2.81. The number of benzene rings is 2. The highest BCUT2D eigenvalue weighted by Crippen LogP contribution is 2.32. The van der Waals surface area contributed by atoms with Gasteiger partial charge >= 0.3 is 6.09 Å². The van der Waals surface area contributed by atoms with Crippen molar-refractivity contribution in [3.8, 4) is 5.75 Å². The minimum Gasteiger partial charge on any atom is -0.497 e. The zero-order chi connectivity index (χ0) is 27.3. The fourth-order valence-electron chi connectivity index (χ4n) is 5.01. The van der Waals surface area contributed by atoms with Gasteiger partial charge in [-0.15, -0.1) is 0 Å². The van der Waals surface area contributed by atoms with Crippen LogP contribution in [0.15, 0.2) is 42.5 Å². The Morgan fingerprint density at radius 2 is 1.84 bits per heavy atom. The van der Waals surface area contributed by atoms with Gasteiger partial charge in [-0.05, 0) is 60.8 Å². The molecular weight excluding hydrogens is 506 g/mol. The lowest BCUT2D eigenvalue weighted by molar-refractivity contribution is 0.0802. The standard InChI is InChI=1S/C29H40ClN3O5/c1-31-19-25(14-20-8-5-4-6-9-20)33-28(34)23-15-22(17-26(18-23)36-2)27(21-10-7-11-24(30)16-21)38-13-12-32-29(35)37-3/h7,10-11,15-18,20,25,27,31H,4-6,8-9,12-14,19H2,1-3H3,(H,32,35)(H,33,34). The molecule has 0 aliphatic heterocycles. The summed E-state index contributed by atoms with van der Waals surface area (Å²) in [6.07, 6.45) is 6.19. The Kier molecular flexibility index (Phi) is 12.2. The van der Waals surface area contributed by atoms with Crippen LogP contribution in [0.2, 0.25) is 5.02 Å². The maximum absolute atomic E-state index is 13.5. The van der Waals surface area contributed by atoms with Crippen molar-refractivity contribution < 1.29 is 23.8 Å². The Labute approximate surface area is 230 Å². The van der Waals surface area contributed by atoms with Crippen LogP contribution in [0.3, 0.4) is 0 Å². The predicted octanol–water partition coefficient (Wildman–Crippen LogP) is 5.10. The highest BCUT2D eigenvalue weighted by atomic mass is 35.5. The van der Waals surface area contributed by atoms with E-state index >= 15 is 0 Å². The SMILES string of the molecule is CNCC(CC1CCCCC1)NC(=O)c1cc(OC)cc(C(OCCNC(=O)OC)c2cccc(Cl)c2)c1. The van der Waals surface area contributed by atoms with Crippen LogP contribution < -0.4 is 20.7 Å². The van der Waals surface area contributed by atoms with Crippen molar-refractivity contribution >= 4 is 23.6 Å². The van der Waals surface area contributed by atoms with E-state index in [-0.39, 0.29) is 25.1 Å². The summed E-state index contributed by atoms with van der Waals surface area (Å²) in [5, 5.41) is 9.65. The van der Waals surface area contributed by atoms with E-state index in [1.807, 2.05) is 37.4 Å². The lowest BCUT2D eigenvalue weighted by Gasteiger charge is -2.27. The molecule has 1 saturated carbocycles. The van der Waals surface area contributed by atoms with Crippen molar-refractivity contribution in [2.45, 2.75) is 50.7 Å². The van der Waals surface area contributed by atoms with E-state index in [1.165, 1.54) is 39.2 Å². The summed E-state index contributed by atoms with van der Waals surface area (Å²) in [5.74, 6) is 1.04. The molecule has 0 bridgehead atoms. The smallest absolute Gasteiger partial charge is 0.406 e. The van der Waals surface area contributed by atoms with Crippen LogP contribution in [0, 0.1) is 5.92 Å². The normalized spacial score (nSPS) is 15.4. The number of carbonyl (C=O) groups excluding carboxylic acids is 2. The van der Waals surface area contributed by atoms with Crippen LogP contribution in [0.1, 0.15) is 66.1 Å². The van der Waals surface area contributed by atoms with Crippen molar-refractivity contribution in [2.24, 2.45) is 5.92 Å². The average Bonchev–Trinajstić information content (AvgIpc) is 2.93. The van der Waals surface area contributed by atoms with E-state index in [2.05, 4.69) is 20.7 Å². The number of likely N-dealkylation sites (N-methyl/N-ethyl adjacent to an activating group) is 1.